The summed E-state index contributed by atoms with van der Waals surface area (Å²) in [5, 5.41) is 23.5. The zero-order chi connectivity index (χ0) is 25.3. The van der Waals surface area contributed by atoms with E-state index in [4.69, 9.17) is 10.5 Å². The molecule has 0 aliphatic heterocycles. The first-order valence-corrected chi connectivity index (χ1v) is 10.8. The molecule has 0 unspecified atom stereocenters. The molecule has 0 spiro atoms. The fraction of sp³-hybridized carbons (Fsp3) is 0.263. The second-order valence-electron chi connectivity index (χ2n) is 6.72. The van der Waals surface area contributed by atoms with Crippen molar-refractivity contribution >= 4 is 33.3 Å². The van der Waals surface area contributed by atoms with Gasteiger partial charge in [-0.25, -0.2) is 17.7 Å². The lowest BCUT2D eigenvalue weighted by atomic mass is 10.1. The number of rotatable bonds is 8. The van der Waals surface area contributed by atoms with Crippen LogP contribution in [0.25, 0.3) is 0 Å². The molecular formula is C19H23N7O7S. The summed E-state index contributed by atoms with van der Waals surface area (Å²) in [7, 11) is -0.154. The number of nitro groups is 1. The smallest absolute Gasteiger partial charge is 0.269 e. The van der Waals surface area contributed by atoms with E-state index in [-0.39, 0.29) is 12.3 Å². The van der Waals surface area contributed by atoms with E-state index in [2.05, 4.69) is 19.5 Å². The normalized spacial score (nSPS) is 11.3. The lowest BCUT2D eigenvalue weighted by Gasteiger charge is -2.04. The fourth-order valence-electron chi connectivity index (χ4n) is 2.56. The van der Waals surface area contributed by atoms with Gasteiger partial charge >= 0.3 is 0 Å². The standard InChI is InChI=1S/C18H20N7O3.CH4O4S/c1-23-7-5-13(6-8-23)11-24-18(19)17(10-20-24)22-21-16-4-3-15(25(26)27)9-14(16)12-28-2;1-5-6(2,3)4/h3-10H,11-12,19H2,1-2H3;1H3,(H,2,3,4)/q+1;/p-1/b22-21+;. The summed E-state index contributed by atoms with van der Waals surface area (Å²) in [5.74, 6) is 0.382. The number of azo groups is 1. The molecule has 182 valence electrons. The number of aromatic nitrogens is 3. The lowest BCUT2D eigenvalue weighted by Crippen LogP contribution is -2.26. The van der Waals surface area contributed by atoms with Crippen molar-refractivity contribution in [1.29, 1.82) is 0 Å². The van der Waals surface area contributed by atoms with Crippen molar-refractivity contribution in [3.8, 4) is 0 Å². The first kappa shape index (κ1) is 26.5. The molecule has 0 radical (unpaired) electrons. The Kier molecular flexibility index (Phi) is 9.26. The highest BCUT2D eigenvalue weighted by Crippen LogP contribution is 2.29. The van der Waals surface area contributed by atoms with Crippen molar-refractivity contribution in [2.45, 2.75) is 13.2 Å². The van der Waals surface area contributed by atoms with Crippen LogP contribution in [0, 0.1) is 10.1 Å². The lowest BCUT2D eigenvalue weighted by molar-refractivity contribution is -0.671. The zero-order valence-electron chi connectivity index (χ0n) is 18.6. The molecule has 2 heterocycles. The molecule has 14 nitrogen and oxygen atoms in total. The monoisotopic (exact) mass is 493 g/mol. The highest BCUT2D eigenvalue weighted by Gasteiger charge is 2.12. The van der Waals surface area contributed by atoms with Crippen LogP contribution in [-0.2, 0) is 39.5 Å². The van der Waals surface area contributed by atoms with Crippen molar-refractivity contribution in [2.24, 2.45) is 17.3 Å². The van der Waals surface area contributed by atoms with E-state index in [0.717, 1.165) is 12.7 Å². The number of nitrogens with two attached hydrogens (primary N) is 1. The van der Waals surface area contributed by atoms with Crippen molar-refractivity contribution in [2.75, 3.05) is 20.0 Å². The molecule has 0 fully saturated rings. The minimum Gasteiger partial charge on any atom is -0.726 e. The molecular weight excluding hydrogens is 470 g/mol. The second-order valence-corrected chi connectivity index (χ2v) is 7.87. The molecule has 34 heavy (non-hydrogen) atoms. The van der Waals surface area contributed by atoms with Gasteiger partial charge in [0.2, 0.25) is 10.4 Å². The summed E-state index contributed by atoms with van der Waals surface area (Å²) in [6.45, 7) is 0.685. The number of pyridine rings is 1. The summed E-state index contributed by atoms with van der Waals surface area (Å²) >= 11 is 0. The van der Waals surface area contributed by atoms with Crippen LogP contribution >= 0.6 is 0 Å². The van der Waals surface area contributed by atoms with Gasteiger partial charge in [0.05, 0.1) is 37.1 Å². The van der Waals surface area contributed by atoms with E-state index in [9.17, 15) is 23.1 Å². The number of nitrogens with zero attached hydrogens (tertiary/aromatic N) is 6. The van der Waals surface area contributed by atoms with Gasteiger partial charge in [-0.3, -0.25) is 14.3 Å². The second kappa shape index (κ2) is 11.9. The molecule has 0 atom stereocenters. The number of hydrogen-bond acceptors (Lipinski definition) is 11. The van der Waals surface area contributed by atoms with Gasteiger partial charge in [-0.15, -0.1) is 10.2 Å². The molecule has 0 bridgehead atoms. The van der Waals surface area contributed by atoms with Gasteiger partial charge in [0.25, 0.3) is 5.69 Å². The largest absolute Gasteiger partial charge is 0.726 e. The Morgan fingerprint density at radius 3 is 2.35 bits per heavy atom. The Balaban J connectivity index is 0.000000604. The quantitative estimate of drug-likeness (QED) is 0.122. The third-order valence-electron chi connectivity index (χ3n) is 4.28. The summed E-state index contributed by atoms with van der Waals surface area (Å²) in [6, 6.07) is 8.28. The van der Waals surface area contributed by atoms with Crippen molar-refractivity contribution in [3.05, 3.63) is 70.2 Å². The predicted molar refractivity (Wildman–Crippen MR) is 118 cm³/mol. The van der Waals surface area contributed by atoms with E-state index in [1.807, 2.05) is 36.1 Å². The minimum absolute atomic E-state index is 0.0328. The Labute approximate surface area is 195 Å². The highest BCUT2D eigenvalue weighted by atomic mass is 32.3. The number of nitrogen functional groups attached to an aromatic ring is 1. The van der Waals surface area contributed by atoms with Crippen LogP contribution in [0.4, 0.5) is 22.9 Å². The Morgan fingerprint density at radius 2 is 1.79 bits per heavy atom. The van der Waals surface area contributed by atoms with E-state index in [0.29, 0.717) is 29.3 Å². The number of anilines is 1. The number of aryl methyl sites for hydroxylation is 1. The molecule has 0 saturated heterocycles. The van der Waals surface area contributed by atoms with Gasteiger partial charge in [-0.2, -0.15) is 5.10 Å². The number of benzene rings is 1. The number of non-ortho nitro benzene ring substituents is 1. The Bertz CT molecular complexity index is 1260. The molecule has 0 amide bonds. The molecule has 0 aliphatic rings. The topological polar surface area (TPSA) is 191 Å². The van der Waals surface area contributed by atoms with Crippen LogP contribution < -0.4 is 10.3 Å². The van der Waals surface area contributed by atoms with Crippen LogP contribution in [0.1, 0.15) is 11.1 Å². The predicted octanol–water partition coefficient (Wildman–Crippen LogP) is 1.90. The molecule has 0 aliphatic carbocycles. The molecule has 2 aromatic heterocycles. The Morgan fingerprint density at radius 1 is 1.18 bits per heavy atom. The van der Waals surface area contributed by atoms with Crippen LogP contribution in [0.2, 0.25) is 0 Å². The van der Waals surface area contributed by atoms with Crippen LogP contribution in [0.3, 0.4) is 0 Å². The average Bonchev–Trinajstić information content (AvgIpc) is 3.13. The maximum atomic E-state index is 10.9. The van der Waals surface area contributed by atoms with Crippen molar-refractivity contribution in [1.82, 2.24) is 9.78 Å². The van der Waals surface area contributed by atoms with Gasteiger partial charge in [0.15, 0.2) is 12.4 Å². The molecule has 2 N–H and O–H groups in total. The average molecular weight is 494 g/mol. The zero-order valence-corrected chi connectivity index (χ0v) is 19.4. The van der Waals surface area contributed by atoms with Gasteiger partial charge < -0.3 is 15.0 Å². The summed E-state index contributed by atoms with van der Waals surface area (Å²) in [5.41, 5.74) is 8.60. The summed E-state index contributed by atoms with van der Waals surface area (Å²) in [4.78, 5) is 10.5. The SMILES string of the molecule is COCc1cc([N+](=O)[O-])ccc1/N=N/c1cnn(Cc2cc[n+](C)cc2)c1N.COS(=O)(=O)[O-]. The van der Waals surface area contributed by atoms with Crippen LogP contribution in [0.5, 0.6) is 0 Å². The fourth-order valence-corrected chi connectivity index (χ4v) is 2.56. The number of ether oxygens (including phenoxy) is 1. The molecule has 3 rings (SSSR count). The number of hydrogen-bond donors (Lipinski definition) is 1. The van der Waals surface area contributed by atoms with Gasteiger partial charge in [-0.05, 0) is 11.6 Å². The third kappa shape index (κ3) is 7.96. The molecule has 0 saturated carbocycles. The maximum absolute atomic E-state index is 10.9. The molecule has 3 aromatic rings. The maximum Gasteiger partial charge on any atom is 0.269 e. The number of methoxy groups -OCH3 is 1. The van der Waals surface area contributed by atoms with Crippen LogP contribution in [0.15, 0.2) is 59.2 Å². The van der Waals surface area contributed by atoms with Crippen molar-refractivity contribution in [3.63, 3.8) is 0 Å². The van der Waals surface area contributed by atoms with E-state index >= 15 is 0 Å². The van der Waals surface area contributed by atoms with Gasteiger partial charge in [0, 0.05) is 36.9 Å². The first-order chi connectivity index (χ1) is 16.0. The molecule has 1 aromatic carbocycles. The van der Waals surface area contributed by atoms with E-state index in [1.165, 1.54) is 31.5 Å². The molecule has 15 heteroatoms. The Hall–Kier alpha value is -3.79. The van der Waals surface area contributed by atoms with Crippen molar-refractivity contribution < 1.29 is 31.4 Å². The minimum atomic E-state index is -4.41. The van der Waals surface area contributed by atoms with E-state index < -0.39 is 15.3 Å². The number of nitro benzene ring substituents is 1. The highest BCUT2D eigenvalue weighted by molar-refractivity contribution is 7.80. The van der Waals surface area contributed by atoms with Crippen LogP contribution in [-0.4, -0.2) is 41.9 Å². The van der Waals surface area contributed by atoms with Gasteiger partial charge in [-0.1, -0.05) is 0 Å². The van der Waals surface area contributed by atoms with E-state index in [1.54, 1.807) is 4.68 Å². The summed E-state index contributed by atoms with van der Waals surface area (Å²) < 4.78 is 39.7. The summed E-state index contributed by atoms with van der Waals surface area (Å²) in [6.07, 6.45) is 5.42. The van der Waals surface area contributed by atoms with Gasteiger partial charge in [0.1, 0.15) is 18.6 Å². The first-order valence-electron chi connectivity index (χ1n) is 9.49. The third-order valence-corrected chi connectivity index (χ3v) is 4.69.